The maximum atomic E-state index is 13.0. The van der Waals surface area contributed by atoms with Crippen LogP contribution in [-0.2, 0) is 24.9 Å². The molecule has 4 aromatic rings. The third kappa shape index (κ3) is 4.05. The predicted molar refractivity (Wildman–Crippen MR) is 131 cm³/mol. The topological polar surface area (TPSA) is 67.3 Å². The van der Waals surface area contributed by atoms with Gasteiger partial charge in [-0.25, -0.2) is 0 Å². The van der Waals surface area contributed by atoms with Crippen LogP contribution >= 0.6 is 0 Å². The molecule has 0 fully saturated rings. The second-order valence-electron chi connectivity index (χ2n) is 8.08. The standard InChI is InChI=1S/C24H12NO.C5H8O2.Ir/c26-24-18-7-2-1-6-16(18)17-8-4-9-19(23(17)24)21-13-15-12-11-14-5-3-10-20(25-21)22(14)15;1-4(6)3-5(2)7;/h1-8,10-13H;3,6H,1-2H3;/q-1;;/b;4-3-;. The van der Waals surface area contributed by atoms with Crippen LogP contribution in [0.3, 0.4) is 0 Å². The van der Waals surface area contributed by atoms with Crippen molar-refractivity contribution in [1.29, 1.82) is 0 Å². The van der Waals surface area contributed by atoms with Gasteiger partial charge in [0.25, 0.3) is 0 Å². The molecule has 2 aliphatic carbocycles. The van der Waals surface area contributed by atoms with Crippen LogP contribution in [0.1, 0.15) is 40.9 Å². The first kappa shape index (κ1) is 23.5. The Hall–Kier alpha value is -3.66. The number of allylic oxidation sites excluding steroid dienone is 2. The smallest absolute Gasteiger partial charge is 0.155 e. The van der Waals surface area contributed by atoms with Crippen LogP contribution in [0.25, 0.3) is 45.4 Å². The normalized spacial score (nSPS) is 12.5. The summed E-state index contributed by atoms with van der Waals surface area (Å²) in [7, 11) is 0. The molecule has 0 unspecified atom stereocenters. The van der Waals surface area contributed by atoms with Gasteiger partial charge in [-0.15, -0.1) is 23.8 Å². The molecule has 0 saturated heterocycles. The van der Waals surface area contributed by atoms with Gasteiger partial charge in [-0.1, -0.05) is 65.7 Å². The zero-order valence-corrected chi connectivity index (χ0v) is 20.9. The molecular weight excluding hydrogens is 603 g/mol. The number of carbonyl (C=O) groups is 2. The van der Waals surface area contributed by atoms with Gasteiger partial charge in [-0.05, 0) is 42.3 Å². The zero-order valence-electron chi connectivity index (χ0n) is 18.5. The van der Waals surface area contributed by atoms with Gasteiger partial charge in [0, 0.05) is 37.1 Å². The average molecular weight is 623 g/mol. The number of pyridine rings is 1. The molecular formula is C29H20IrNO3-. The second-order valence-corrected chi connectivity index (χ2v) is 8.08. The van der Waals surface area contributed by atoms with Gasteiger partial charge in [0.1, 0.15) is 0 Å². The summed E-state index contributed by atoms with van der Waals surface area (Å²) in [5.41, 5.74) is 8.33. The molecule has 0 bridgehead atoms. The minimum Gasteiger partial charge on any atom is -0.512 e. The van der Waals surface area contributed by atoms with Crippen molar-refractivity contribution in [2.24, 2.45) is 0 Å². The van der Waals surface area contributed by atoms with Gasteiger partial charge < -0.3 is 5.11 Å². The first-order valence-corrected chi connectivity index (χ1v) is 10.6. The van der Waals surface area contributed by atoms with E-state index in [1.807, 2.05) is 48.5 Å². The summed E-state index contributed by atoms with van der Waals surface area (Å²) < 4.78 is 0. The van der Waals surface area contributed by atoms with Crippen molar-refractivity contribution in [1.82, 2.24) is 4.98 Å². The summed E-state index contributed by atoms with van der Waals surface area (Å²) in [4.78, 5) is 27.9. The maximum absolute atomic E-state index is 13.0. The van der Waals surface area contributed by atoms with Crippen molar-refractivity contribution >= 4 is 34.6 Å². The Morgan fingerprint density at radius 1 is 0.941 bits per heavy atom. The Labute approximate surface area is 211 Å². The van der Waals surface area contributed by atoms with Crippen molar-refractivity contribution in [3.05, 3.63) is 101 Å². The predicted octanol–water partition coefficient (Wildman–Crippen LogP) is 6.43. The van der Waals surface area contributed by atoms with Crippen molar-refractivity contribution < 1.29 is 34.8 Å². The van der Waals surface area contributed by atoms with Crippen molar-refractivity contribution in [2.45, 2.75) is 13.8 Å². The minimum absolute atomic E-state index is 0. The quantitative estimate of drug-likeness (QED) is 0.137. The molecule has 169 valence electrons. The van der Waals surface area contributed by atoms with Crippen LogP contribution in [0.15, 0.2) is 72.5 Å². The van der Waals surface area contributed by atoms with Crippen LogP contribution in [0.2, 0.25) is 0 Å². The van der Waals surface area contributed by atoms with E-state index in [0.717, 1.165) is 39.0 Å². The molecule has 34 heavy (non-hydrogen) atoms. The molecule has 4 nitrogen and oxygen atoms in total. The molecule has 0 aliphatic heterocycles. The van der Waals surface area contributed by atoms with E-state index in [0.29, 0.717) is 5.56 Å². The minimum atomic E-state index is -0.125. The second kappa shape index (κ2) is 9.30. The van der Waals surface area contributed by atoms with Gasteiger partial charge in [-0.2, -0.15) is 0 Å². The molecule has 6 rings (SSSR count). The first-order chi connectivity index (χ1) is 15.9. The Morgan fingerprint density at radius 3 is 2.38 bits per heavy atom. The summed E-state index contributed by atoms with van der Waals surface area (Å²) in [5, 5.41) is 9.54. The molecule has 0 atom stereocenters. The van der Waals surface area contributed by atoms with E-state index in [4.69, 9.17) is 10.1 Å². The average Bonchev–Trinajstić information content (AvgIpc) is 3.34. The third-order valence-electron chi connectivity index (χ3n) is 5.69. The van der Waals surface area contributed by atoms with Crippen LogP contribution in [0, 0.1) is 6.07 Å². The number of nitrogens with zero attached hydrogens (tertiary/aromatic N) is 1. The summed E-state index contributed by atoms with van der Waals surface area (Å²) in [6, 6.07) is 23.1. The molecule has 0 spiro atoms. The SMILES string of the molecule is CC(=O)/C=C(/C)O.O=C1c2ccccc2-c2cc[c-]c(-c3cc4c5c(cccc5n3)C=C4)c21.[Ir]. The fraction of sp³-hybridized carbons (Fsp3) is 0.0690. The maximum Gasteiger partial charge on any atom is 0.155 e. The van der Waals surface area contributed by atoms with E-state index in [1.165, 1.54) is 30.9 Å². The number of fused-ring (bicyclic) bond motifs is 3. The number of carbonyl (C=O) groups excluding carboxylic acids is 2. The van der Waals surface area contributed by atoms with Crippen molar-refractivity contribution in [3.63, 3.8) is 0 Å². The number of aliphatic hydroxyl groups excluding tert-OH is 1. The number of ketones is 2. The van der Waals surface area contributed by atoms with Gasteiger partial charge in [0.15, 0.2) is 11.6 Å². The molecule has 1 aromatic heterocycles. The molecule has 1 radical (unpaired) electrons. The zero-order chi connectivity index (χ0) is 23.1. The Balaban J connectivity index is 0.000000303. The van der Waals surface area contributed by atoms with E-state index in [9.17, 15) is 9.59 Å². The van der Waals surface area contributed by atoms with Gasteiger partial charge in [0.2, 0.25) is 0 Å². The van der Waals surface area contributed by atoms with E-state index < -0.39 is 0 Å². The summed E-state index contributed by atoms with van der Waals surface area (Å²) in [6.07, 6.45) is 5.39. The first-order valence-electron chi connectivity index (χ1n) is 10.6. The number of aromatic nitrogens is 1. The van der Waals surface area contributed by atoms with Gasteiger partial charge in [-0.3, -0.25) is 14.6 Å². The van der Waals surface area contributed by atoms with E-state index >= 15 is 0 Å². The van der Waals surface area contributed by atoms with Gasteiger partial charge >= 0.3 is 0 Å². The number of benzene rings is 3. The molecule has 0 saturated carbocycles. The van der Waals surface area contributed by atoms with Crippen LogP contribution in [-0.4, -0.2) is 21.7 Å². The van der Waals surface area contributed by atoms with Crippen LogP contribution < -0.4 is 0 Å². The Bertz CT molecular complexity index is 1530. The van der Waals surface area contributed by atoms with Crippen LogP contribution in [0.4, 0.5) is 0 Å². The van der Waals surface area contributed by atoms with Crippen molar-refractivity contribution in [2.75, 3.05) is 0 Å². The van der Waals surface area contributed by atoms with E-state index in [1.54, 1.807) is 0 Å². The van der Waals surface area contributed by atoms with Crippen LogP contribution in [0.5, 0.6) is 0 Å². The Kier molecular flexibility index (Phi) is 6.43. The number of hydrogen-bond acceptors (Lipinski definition) is 4. The fourth-order valence-corrected chi connectivity index (χ4v) is 4.43. The molecule has 1 heterocycles. The number of aliphatic hydroxyl groups is 1. The molecule has 1 N–H and O–H groups in total. The largest absolute Gasteiger partial charge is 0.512 e. The fourth-order valence-electron chi connectivity index (χ4n) is 4.43. The van der Waals surface area contributed by atoms with Crippen molar-refractivity contribution in [3.8, 4) is 22.4 Å². The third-order valence-corrected chi connectivity index (χ3v) is 5.69. The molecule has 3 aromatic carbocycles. The van der Waals surface area contributed by atoms with E-state index in [2.05, 4.69) is 30.4 Å². The van der Waals surface area contributed by atoms with Gasteiger partial charge in [0.05, 0.1) is 11.3 Å². The number of rotatable bonds is 2. The molecule has 5 heteroatoms. The monoisotopic (exact) mass is 623 g/mol. The summed E-state index contributed by atoms with van der Waals surface area (Å²) in [5.74, 6) is -0.00226. The Morgan fingerprint density at radius 2 is 1.68 bits per heavy atom. The molecule has 2 aliphatic rings. The number of hydrogen-bond donors (Lipinski definition) is 1. The molecule has 0 amide bonds. The van der Waals surface area contributed by atoms with E-state index in [-0.39, 0.29) is 37.4 Å². The summed E-state index contributed by atoms with van der Waals surface area (Å²) >= 11 is 0. The summed E-state index contributed by atoms with van der Waals surface area (Å²) in [6.45, 7) is 2.85.